The van der Waals surface area contributed by atoms with Crippen molar-refractivity contribution in [2.24, 2.45) is 0 Å². The van der Waals surface area contributed by atoms with Gasteiger partial charge in [-0.15, -0.1) is 0 Å². The number of aromatic nitrogens is 1. The largest absolute Gasteiger partial charge is 0.488 e. The highest BCUT2D eigenvalue weighted by Crippen LogP contribution is 2.46. The van der Waals surface area contributed by atoms with E-state index in [1.807, 2.05) is 0 Å². The van der Waals surface area contributed by atoms with Crippen molar-refractivity contribution in [2.45, 2.75) is 44.4 Å². The molecule has 4 heterocycles. The van der Waals surface area contributed by atoms with Crippen LogP contribution < -0.4 is 15.8 Å². The van der Waals surface area contributed by atoms with E-state index in [1.165, 1.54) is 17.2 Å². The first-order valence-electron chi connectivity index (χ1n) is 10.1. The number of rotatable bonds is 1. The van der Waals surface area contributed by atoms with E-state index < -0.39 is 35.7 Å². The summed E-state index contributed by atoms with van der Waals surface area (Å²) in [6, 6.07) is 2.60. The average Bonchev–Trinajstić information content (AvgIpc) is 3.39. The van der Waals surface area contributed by atoms with Gasteiger partial charge in [-0.1, -0.05) is 6.07 Å². The van der Waals surface area contributed by atoms with Gasteiger partial charge in [0.15, 0.2) is 0 Å². The molecule has 3 aliphatic rings. The van der Waals surface area contributed by atoms with Crippen molar-refractivity contribution in [3.05, 3.63) is 46.6 Å². The lowest BCUT2D eigenvalue weighted by molar-refractivity contribution is -0.147. The minimum Gasteiger partial charge on any atom is -0.488 e. The quantitative estimate of drug-likeness (QED) is 0.650. The molecule has 1 fully saturated rings. The molecule has 32 heavy (non-hydrogen) atoms. The lowest BCUT2D eigenvalue weighted by Gasteiger charge is -2.36. The SMILES string of the molecule is Nc1ncc(NC(=O)C(=O)N2CCC[C@@H]3Oc4cc(C(F)(F)F)ccc4[C@@H]32)c2c1COC2. The summed E-state index contributed by atoms with van der Waals surface area (Å²) in [5.41, 5.74) is 7.16. The number of alkyl halides is 3. The molecule has 1 saturated heterocycles. The molecule has 0 radical (unpaired) electrons. The predicted octanol–water partition coefficient (Wildman–Crippen LogP) is 2.78. The summed E-state index contributed by atoms with van der Waals surface area (Å²) < 4.78 is 50.3. The standard InChI is InChI=1S/C21H19F3N4O4/c22-21(23,24)10-3-4-11-16(6-10)32-15-2-1-5-28(17(11)15)20(30)19(29)27-14-7-26-18(25)13-9-31-8-12(13)14/h3-4,6-7,15,17H,1-2,5,8-9H2,(H2,25,26)(H,27,29)/t15-,17-/m0/s1. The van der Waals surface area contributed by atoms with Gasteiger partial charge in [0.1, 0.15) is 17.7 Å². The maximum Gasteiger partial charge on any atom is 0.416 e. The van der Waals surface area contributed by atoms with Gasteiger partial charge in [-0.05, 0) is 25.0 Å². The Balaban J connectivity index is 1.39. The van der Waals surface area contributed by atoms with Crippen LogP contribution in [0.25, 0.3) is 0 Å². The van der Waals surface area contributed by atoms with E-state index in [4.69, 9.17) is 15.2 Å². The van der Waals surface area contributed by atoms with Crippen LogP contribution in [-0.4, -0.2) is 34.3 Å². The summed E-state index contributed by atoms with van der Waals surface area (Å²) in [4.78, 5) is 31.2. The zero-order valence-corrected chi connectivity index (χ0v) is 16.7. The lowest BCUT2D eigenvalue weighted by Crippen LogP contribution is -2.48. The number of benzene rings is 1. The molecule has 1 aromatic carbocycles. The van der Waals surface area contributed by atoms with Crippen LogP contribution >= 0.6 is 0 Å². The maximum atomic E-state index is 13.1. The number of hydrogen-bond donors (Lipinski definition) is 2. The van der Waals surface area contributed by atoms with Crippen LogP contribution in [0.4, 0.5) is 24.7 Å². The molecule has 2 amide bonds. The van der Waals surface area contributed by atoms with Crippen LogP contribution in [0.1, 0.15) is 41.1 Å². The van der Waals surface area contributed by atoms with Gasteiger partial charge in [0.2, 0.25) is 0 Å². The Labute approximate surface area is 180 Å². The summed E-state index contributed by atoms with van der Waals surface area (Å²) >= 11 is 0. The third-order valence-electron chi connectivity index (χ3n) is 6.04. The second-order valence-corrected chi connectivity index (χ2v) is 7.95. The van der Waals surface area contributed by atoms with E-state index in [0.29, 0.717) is 47.6 Å². The Morgan fingerprint density at radius 1 is 1.22 bits per heavy atom. The molecule has 2 aromatic rings. The second-order valence-electron chi connectivity index (χ2n) is 7.95. The number of piperidine rings is 1. The first kappa shape index (κ1) is 20.6. The highest BCUT2D eigenvalue weighted by Gasteiger charge is 2.45. The molecule has 0 bridgehead atoms. The minimum atomic E-state index is -4.50. The molecule has 11 heteroatoms. The Bertz CT molecular complexity index is 1120. The Hall–Kier alpha value is -3.34. The van der Waals surface area contributed by atoms with Gasteiger partial charge in [0.25, 0.3) is 0 Å². The number of ether oxygens (including phenoxy) is 2. The lowest BCUT2D eigenvalue weighted by atomic mass is 9.93. The number of nitrogens with two attached hydrogens (primary N) is 1. The molecule has 3 N–H and O–H groups in total. The molecule has 1 aromatic heterocycles. The fourth-order valence-electron chi connectivity index (χ4n) is 4.50. The molecule has 0 saturated carbocycles. The summed E-state index contributed by atoms with van der Waals surface area (Å²) in [5, 5.41) is 2.58. The van der Waals surface area contributed by atoms with Gasteiger partial charge >= 0.3 is 18.0 Å². The molecule has 0 spiro atoms. The summed E-state index contributed by atoms with van der Waals surface area (Å²) in [6.45, 7) is 0.803. The first-order valence-corrected chi connectivity index (χ1v) is 10.1. The van der Waals surface area contributed by atoms with Crippen LogP contribution in [0.3, 0.4) is 0 Å². The number of nitrogen functional groups attached to an aromatic ring is 1. The molecule has 3 aliphatic heterocycles. The zero-order valence-electron chi connectivity index (χ0n) is 16.7. The maximum absolute atomic E-state index is 13.1. The minimum absolute atomic E-state index is 0.0904. The van der Waals surface area contributed by atoms with Crippen molar-refractivity contribution in [3.63, 3.8) is 0 Å². The number of carbonyl (C=O) groups excluding carboxylic acids is 2. The number of nitrogens with zero attached hydrogens (tertiary/aromatic N) is 2. The van der Waals surface area contributed by atoms with Crippen LogP contribution in [0.5, 0.6) is 5.75 Å². The smallest absolute Gasteiger partial charge is 0.416 e. The third kappa shape index (κ3) is 3.32. The second kappa shape index (κ2) is 7.37. The van der Waals surface area contributed by atoms with Crippen LogP contribution in [0, 0.1) is 0 Å². The number of nitrogens with one attached hydrogen (secondary N) is 1. The molecule has 8 nitrogen and oxygen atoms in total. The van der Waals surface area contributed by atoms with Crippen molar-refractivity contribution < 1.29 is 32.2 Å². The zero-order chi connectivity index (χ0) is 22.6. The van der Waals surface area contributed by atoms with Crippen LogP contribution in [0.15, 0.2) is 24.4 Å². The van der Waals surface area contributed by atoms with E-state index in [-0.39, 0.29) is 19.0 Å². The Morgan fingerprint density at radius 2 is 2.00 bits per heavy atom. The van der Waals surface area contributed by atoms with E-state index in [2.05, 4.69) is 10.3 Å². The van der Waals surface area contributed by atoms with Gasteiger partial charge in [-0.3, -0.25) is 9.59 Å². The van der Waals surface area contributed by atoms with Crippen molar-refractivity contribution >= 4 is 23.3 Å². The normalized spacial score (nSPS) is 21.4. The molecule has 5 rings (SSSR count). The van der Waals surface area contributed by atoms with Crippen LogP contribution in [-0.2, 0) is 33.7 Å². The van der Waals surface area contributed by atoms with Gasteiger partial charge in [0.05, 0.1) is 36.7 Å². The number of anilines is 2. The van der Waals surface area contributed by atoms with Crippen molar-refractivity contribution in [1.82, 2.24) is 9.88 Å². The molecular weight excluding hydrogens is 429 g/mol. The third-order valence-corrected chi connectivity index (χ3v) is 6.04. The van der Waals surface area contributed by atoms with Gasteiger partial charge < -0.3 is 25.4 Å². The number of carbonyl (C=O) groups is 2. The summed E-state index contributed by atoms with van der Waals surface area (Å²) in [6.07, 6.45) is -2.50. The number of fused-ring (bicyclic) bond motifs is 4. The van der Waals surface area contributed by atoms with Crippen molar-refractivity contribution in [3.8, 4) is 5.75 Å². The van der Waals surface area contributed by atoms with E-state index in [0.717, 1.165) is 12.1 Å². The van der Waals surface area contributed by atoms with Crippen molar-refractivity contribution in [2.75, 3.05) is 17.6 Å². The Morgan fingerprint density at radius 3 is 2.78 bits per heavy atom. The summed E-state index contributed by atoms with van der Waals surface area (Å²) in [5.74, 6) is -1.27. The summed E-state index contributed by atoms with van der Waals surface area (Å²) in [7, 11) is 0. The van der Waals surface area contributed by atoms with Crippen LogP contribution in [0.2, 0.25) is 0 Å². The number of amides is 2. The highest BCUT2D eigenvalue weighted by atomic mass is 19.4. The first-order chi connectivity index (χ1) is 15.2. The number of halogens is 3. The van der Waals surface area contributed by atoms with Gasteiger partial charge in [-0.25, -0.2) is 4.98 Å². The van der Waals surface area contributed by atoms with Gasteiger partial charge in [0, 0.05) is 23.2 Å². The van der Waals surface area contributed by atoms with E-state index in [9.17, 15) is 22.8 Å². The molecular formula is C21H19F3N4O4. The Kier molecular flexibility index (Phi) is 4.73. The molecule has 0 aliphatic carbocycles. The molecule has 0 unspecified atom stereocenters. The fraction of sp³-hybridized carbons (Fsp3) is 0.381. The number of hydrogen-bond acceptors (Lipinski definition) is 6. The highest BCUT2D eigenvalue weighted by molar-refractivity contribution is 6.39. The topological polar surface area (TPSA) is 107 Å². The van der Waals surface area contributed by atoms with Crippen molar-refractivity contribution in [1.29, 1.82) is 0 Å². The van der Waals surface area contributed by atoms with E-state index >= 15 is 0 Å². The average molecular weight is 448 g/mol. The molecule has 2 atom stereocenters. The van der Waals surface area contributed by atoms with Gasteiger partial charge in [-0.2, -0.15) is 13.2 Å². The number of likely N-dealkylation sites (tertiary alicyclic amines) is 1. The molecule has 168 valence electrons. The monoisotopic (exact) mass is 448 g/mol. The number of pyridine rings is 1. The predicted molar refractivity (Wildman–Crippen MR) is 105 cm³/mol. The van der Waals surface area contributed by atoms with E-state index in [1.54, 1.807) is 0 Å². The fourth-order valence-corrected chi connectivity index (χ4v) is 4.50.